The fourth-order valence-electron chi connectivity index (χ4n) is 1.64. The molecule has 2 heterocycles. The van der Waals surface area contributed by atoms with Crippen LogP contribution in [0.25, 0.3) is 0 Å². The molecule has 0 radical (unpaired) electrons. The second-order valence-electron chi connectivity index (χ2n) is 2.96. The van der Waals surface area contributed by atoms with Crippen molar-refractivity contribution in [3.05, 3.63) is 15.9 Å². The van der Waals surface area contributed by atoms with E-state index in [1.54, 1.807) is 0 Å². The molecular weight excluding hydrogens is 218 g/mol. The number of nitrogens with one attached hydrogen (secondary N) is 1. The predicted octanol–water partition coefficient (Wildman–Crippen LogP) is 1.31. The average Bonchev–Trinajstić information content (AvgIpc) is 2.44. The molecule has 2 rings (SSSR count). The Balaban J connectivity index is 2.47. The van der Waals surface area contributed by atoms with Crippen LogP contribution in [0, 0.1) is 0 Å². The van der Waals surface area contributed by atoms with E-state index in [-0.39, 0.29) is 0 Å². The van der Waals surface area contributed by atoms with Crippen molar-refractivity contribution in [1.82, 2.24) is 15.1 Å². The van der Waals surface area contributed by atoms with Gasteiger partial charge in [0.1, 0.15) is 4.60 Å². The summed E-state index contributed by atoms with van der Waals surface area (Å²) in [6.07, 6.45) is 1.10. The zero-order chi connectivity index (χ0) is 8.55. The number of hydrogen-bond donors (Lipinski definition) is 1. The number of rotatable bonds is 1. The smallest absolute Gasteiger partial charge is 0.132 e. The molecule has 0 saturated heterocycles. The third-order valence-electron chi connectivity index (χ3n) is 2.26. The van der Waals surface area contributed by atoms with Crippen LogP contribution in [0.15, 0.2) is 4.60 Å². The second kappa shape index (κ2) is 3.18. The third-order valence-corrected chi connectivity index (χ3v) is 2.89. The van der Waals surface area contributed by atoms with E-state index in [1.807, 2.05) is 0 Å². The molecule has 0 bridgehead atoms. The van der Waals surface area contributed by atoms with Crippen LogP contribution in [0.3, 0.4) is 0 Å². The van der Waals surface area contributed by atoms with E-state index in [0.29, 0.717) is 0 Å². The van der Waals surface area contributed by atoms with Gasteiger partial charge in [0, 0.05) is 37.3 Å². The van der Waals surface area contributed by atoms with E-state index in [9.17, 15) is 0 Å². The highest BCUT2D eigenvalue weighted by Crippen LogP contribution is 2.22. The van der Waals surface area contributed by atoms with Crippen molar-refractivity contribution in [3.63, 3.8) is 0 Å². The number of halogens is 1. The van der Waals surface area contributed by atoms with Gasteiger partial charge < -0.3 is 5.32 Å². The normalized spacial score (nSPS) is 16.2. The molecule has 1 aromatic heterocycles. The molecule has 66 valence electrons. The molecule has 0 saturated carbocycles. The minimum atomic E-state index is 0.954. The molecule has 1 aliphatic rings. The Kier molecular flexibility index (Phi) is 2.19. The fourth-order valence-corrected chi connectivity index (χ4v) is 2.20. The maximum atomic E-state index is 4.40. The molecule has 1 aromatic rings. The minimum absolute atomic E-state index is 0.954. The Labute approximate surface area is 80.3 Å². The molecule has 1 aliphatic heterocycles. The maximum Gasteiger partial charge on any atom is 0.132 e. The van der Waals surface area contributed by atoms with E-state index in [1.165, 1.54) is 11.3 Å². The molecule has 0 fully saturated rings. The van der Waals surface area contributed by atoms with Crippen LogP contribution in [0.4, 0.5) is 0 Å². The molecule has 0 spiro atoms. The van der Waals surface area contributed by atoms with E-state index in [4.69, 9.17) is 0 Å². The van der Waals surface area contributed by atoms with Gasteiger partial charge in [0.25, 0.3) is 0 Å². The quantitative estimate of drug-likeness (QED) is 0.788. The van der Waals surface area contributed by atoms with Crippen LogP contribution in [-0.4, -0.2) is 16.3 Å². The fraction of sp³-hybridized carbons (Fsp3) is 0.625. The first-order valence-electron chi connectivity index (χ1n) is 4.27. The Morgan fingerprint density at radius 2 is 2.50 bits per heavy atom. The zero-order valence-corrected chi connectivity index (χ0v) is 8.69. The van der Waals surface area contributed by atoms with Gasteiger partial charge in [0.05, 0.1) is 0 Å². The summed E-state index contributed by atoms with van der Waals surface area (Å²) in [5.41, 5.74) is 2.73. The summed E-state index contributed by atoms with van der Waals surface area (Å²) in [5, 5.41) is 7.74. The van der Waals surface area contributed by atoms with Gasteiger partial charge in [-0.25, -0.2) is 0 Å². The van der Waals surface area contributed by atoms with Crippen LogP contribution < -0.4 is 5.32 Å². The number of fused-ring (bicyclic) bond motifs is 1. The lowest BCUT2D eigenvalue weighted by Crippen LogP contribution is -2.24. The van der Waals surface area contributed by atoms with Gasteiger partial charge in [-0.15, -0.1) is 0 Å². The van der Waals surface area contributed by atoms with Crippen molar-refractivity contribution >= 4 is 15.9 Å². The van der Waals surface area contributed by atoms with Crippen molar-refractivity contribution < 1.29 is 0 Å². The van der Waals surface area contributed by atoms with Crippen LogP contribution >= 0.6 is 15.9 Å². The summed E-state index contributed by atoms with van der Waals surface area (Å²) < 4.78 is 3.09. The summed E-state index contributed by atoms with van der Waals surface area (Å²) >= 11 is 3.47. The first kappa shape index (κ1) is 8.26. The third kappa shape index (κ3) is 1.19. The van der Waals surface area contributed by atoms with Crippen molar-refractivity contribution in [2.24, 2.45) is 0 Å². The highest BCUT2D eigenvalue weighted by Gasteiger charge is 2.17. The Morgan fingerprint density at radius 3 is 3.25 bits per heavy atom. The lowest BCUT2D eigenvalue weighted by atomic mass is 10.1. The first-order valence-corrected chi connectivity index (χ1v) is 5.07. The van der Waals surface area contributed by atoms with E-state index in [2.05, 4.69) is 38.0 Å². The van der Waals surface area contributed by atoms with E-state index >= 15 is 0 Å². The Morgan fingerprint density at radius 1 is 1.67 bits per heavy atom. The van der Waals surface area contributed by atoms with Gasteiger partial charge in [-0.1, -0.05) is 0 Å². The number of aromatic nitrogens is 2. The zero-order valence-electron chi connectivity index (χ0n) is 7.10. The number of aryl methyl sites for hydroxylation is 1. The van der Waals surface area contributed by atoms with Crippen molar-refractivity contribution in [2.75, 3.05) is 6.54 Å². The summed E-state index contributed by atoms with van der Waals surface area (Å²) in [7, 11) is 0. The molecule has 0 aromatic carbocycles. The predicted molar refractivity (Wildman–Crippen MR) is 51.0 cm³/mol. The highest BCUT2D eigenvalue weighted by molar-refractivity contribution is 9.10. The molecule has 0 aliphatic carbocycles. The number of nitrogens with zero attached hydrogens (tertiary/aromatic N) is 2. The van der Waals surface area contributed by atoms with Gasteiger partial charge >= 0.3 is 0 Å². The van der Waals surface area contributed by atoms with Gasteiger partial charge in [-0.3, -0.25) is 4.68 Å². The molecule has 0 unspecified atom stereocenters. The minimum Gasteiger partial charge on any atom is -0.312 e. The summed E-state index contributed by atoms with van der Waals surface area (Å²) in [5.74, 6) is 0. The maximum absolute atomic E-state index is 4.40. The van der Waals surface area contributed by atoms with Gasteiger partial charge in [0.15, 0.2) is 0 Å². The summed E-state index contributed by atoms with van der Waals surface area (Å²) in [4.78, 5) is 0. The first-order chi connectivity index (χ1) is 5.83. The van der Waals surface area contributed by atoms with E-state index < -0.39 is 0 Å². The lowest BCUT2D eigenvalue weighted by Gasteiger charge is -2.14. The largest absolute Gasteiger partial charge is 0.312 e. The highest BCUT2D eigenvalue weighted by atomic mass is 79.9. The summed E-state index contributed by atoms with van der Waals surface area (Å²) in [6.45, 7) is 5.12. The Hall–Kier alpha value is -0.350. The van der Waals surface area contributed by atoms with Crippen LogP contribution in [0.2, 0.25) is 0 Å². The van der Waals surface area contributed by atoms with Crippen LogP contribution in [0.1, 0.15) is 18.2 Å². The molecule has 12 heavy (non-hydrogen) atoms. The average molecular weight is 230 g/mol. The van der Waals surface area contributed by atoms with Crippen LogP contribution in [-0.2, 0) is 19.5 Å². The lowest BCUT2D eigenvalue weighted by molar-refractivity contribution is 0.571. The van der Waals surface area contributed by atoms with Crippen molar-refractivity contribution in [1.29, 1.82) is 0 Å². The molecule has 0 amide bonds. The molecule has 0 atom stereocenters. The van der Waals surface area contributed by atoms with Gasteiger partial charge in [-0.05, 0) is 22.9 Å². The van der Waals surface area contributed by atoms with Crippen LogP contribution in [0.5, 0.6) is 0 Å². The van der Waals surface area contributed by atoms with E-state index in [0.717, 1.165) is 30.7 Å². The van der Waals surface area contributed by atoms with Crippen molar-refractivity contribution in [3.8, 4) is 0 Å². The standard InChI is InChI=1S/C8H12BrN3/c1-2-12-7-3-4-10-5-6(7)8(9)11-12/h10H,2-5H2,1H3. The second-order valence-corrected chi connectivity index (χ2v) is 3.71. The topological polar surface area (TPSA) is 29.9 Å². The number of hydrogen-bond acceptors (Lipinski definition) is 2. The van der Waals surface area contributed by atoms with Crippen molar-refractivity contribution in [2.45, 2.75) is 26.4 Å². The molecular formula is C8H12BrN3. The van der Waals surface area contributed by atoms with Gasteiger partial charge in [-0.2, -0.15) is 5.10 Å². The Bertz CT molecular complexity index is 293. The molecule has 1 N–H and O–H groups in total. The summed E-state index contributed by atoms with van der Waals surface area (Å²) in [6, 6.07) is 0. The molecule has 3 nitrogen and oxygen atoms in total. The SMILES string of the molecule is CCn1nc(Br)c2c1CCNC2. The molecule has 4 heteroatoms. The van der Waals surface area contributed by atoms with Gasteiger partial charge in [0.2, 0.25) is 0 Å². The monoisotopic (exact) mass is 229 g/mol.